The van der Waals surface area contributed by atoms with Gasteiger partial charge in [-0.25, -0.2) is 8.42 Å². The molecule has 0 fully saturated rings. The zero-order valence-electron chi connectivity index (χ0n) is 11.3. The largest absolute Gasteiger partial charge is 0.744 e. The van der Waals surface area contributed by atoms with E-state index < -0.39 is 10.1 Å². The predicted octanol–water partition coefficient (Wildman–Crippen LogP) is 2.66. The molecule has 0 bridgehead atoms. The third-order valence-electron chi connectivity index (χ3n) is 4.64. The predicted molar refractivity (Wildman–Crippen MR) is 72.4 cm³/mol. The van der Waals surface area contributed by atoms with Crippen molar-refractivity contribution in [1.82, 2.24) is 0 Å². The van der Waals surface area contributed by atoms with Crippen LogP contribution in [0.15, 0.2) is 4.90 Å². The fourth-order valence-corrected chi connectivity index (χ4v) is 4.86. The van der Waals surface area contributed by atoms with Gasteiger partial charge in [-0.3, -0.25) is 0 Å². The standard InChI is InChI=1S/C15H20O3S/c1-10-11-6-2-4-8-13(11)15(19(16,17)18)14-9-5-3-7-12(10)14/h2-9H2,1H3,(H,16,17,18)/p-1. The van der Waals surface area contributed by atoms with Crippen LogP contribution < -0.4 is 0 Å². The van der Waals surface area contributed by atoms with Crippen molar-refractivity contribution in [3.8, 4) is 0 Å². The second kappa shape index (κ2) is 4.60. The van der Waals surface area contributed by atoms with Crippen LogP contribution in [-0.4, -0.2) is 13.0 Å². The van der Waals surface area contributed by atoms with Crippen molar-refractivity contribution in [2.24, 2.45) is 0 Å². The molecule has 0 heterocycles. The maximum atomic E-state index is 11.7. The second-order valence-corrected chi connectivity index (χ2v) is 7.05. The van der Waals surface area contributed by atoms with Crippen molar-refractivity contribution >= 4 is 10.1 Å². The van der Waals surface area contributed by atoms with E-state index >= 15 is 0 Å². The fourth-order valence-electron chi connectivity index (χ4n) is 3.81. The molecule has 1 aromatic rings. The third kappa shape index (κ3) is 2.11. The lowest BCUT2D eigenvalue weighted by Crippen LogP contribution is -2.20. The molecule has 2 aliphatic carbocycles. The number of benzene rings is 1. The third-order valence-corrected chi connectivity index (χ3v) is 5.63. The molecule has 3 nitrogen and oxygen atoms in total. The Morgan fingerprint density at radius 3 is 1.53 bits per heavy atom. The first-order valence-corrected chi connectivity index (χ1v) is 8.53. The lowest BCUT2D eigenvalue weighted by Gasteiger charge is -2.30. The summed E-state index contributed by atoms with van der Waals surface area (Å²) in [6.45, 7) is 2.11. The highest BCUT2D eigenvalue weighted by molar-refractivity contribution is 7.85. The highest BCUT2D eigenvalue weighted by atomic mass is 32.2. The number of fused-ring (bicyclic) bond motifs is 2. The van der Waals surface area contributed by atoms with E-state index in [9.17, 15) is 13.0 Å². The maximum Gasteiger partial charge on any atom is 0.124 e. The molecule has 1 aromatic carbocycles. The van der Waals surface area contributed by atoms with Gasteiger partial charge >= 0.3 is 0 Å². The molecule has 0 amide bonds. The lowest BCUT2D eigenvalue weighted by atomic mass is 9.79. The first-order chi connectivity index (χ1) is 9.00. The summed E-state index contributed by atoms with van der Waals surface area (Å²) in [7, 11) is -4.35. The van der Waals surface area contributed by atoms with Gasteiger partial charge in [0.15, 0.2) is 0 Å². The highest BCUT2D eigenvalue weighted by Gasteiger charge is 2.27. The first kappa shape index (κ1) is 13.1. The van der Waals surface area contributed by atoms with Gasteiger partial charge in [0, 0.05) is 0 Å². The minimum atomic E-state index is -4.35. The van der Waals surface area contributed by atoms with E-state index in [0.29, 0.717) is 0 Å². The van der Waals surface area contributed by atoms with E-state index in [1.54, 1.807) is 0 Å². The Labute approximate surface area is 114 Å². The van der Waals surface area contributed by atoms with Gasteiger partial charge in [0.05, 0.1) is 4.90 Å². The highest BCUT2D eigenvalue weighted by Crippen LogP contribution is 2.38. The number of hydrogen-bond acceptors (Lipinski definition) is 3. The Hall–Kier alpha value is -0.870. The Kier molecular flexibility index (Phi) is 3.18. The van der Waals surface area contributed by atoms with Crippen molar-refractivity contribution < 1.29 is 13.0 Å². The van der Waals surface area contributed by atoms with Gasteiger partial charge in [-0.1, -0.05) is 0 Å². The maximum absolute atomic E-state index is 11.7. The van der Waals surface area contributed by atoms with Gasteiger partial charge in [0.25, 0.3) is 0 Å². The molecule has 4 heteroatoms. The Morgan fingerprint density at radius 2 is 1.16 bits per heavy atom. The normalized spacial score (nSPS) is 18.8. The summed E-state index contributed by atoms with van der Waals surface area (Å²) in [6, 6.07) is 0. The van der Waals surface area contributed by atoms with Crippen molar-refractivity contribution in [2.45, 2.75) is 63.2 Å². The minimum Gasteiger partial charge on any atom is -0.744 e. The molecule has 0 aromatic heterocycles. The van der Waals surface area contributed by atoms with E-state index in [0.717, 1.165) is 73.6 Å². The van der Waals surface area contributed by atoms with Crippen LogP contribution in [0.25, 0.3) is 0 Å². The molecule has 0 saturated carbocycles. The van der Waals surface area contributed by atoms with Crippen molar-refractivity contribution in [2.75, 3.05) is 0 Å². The van der Waals surface area contributed by atoms with Crippen LogP contribution in [0.2, 0.25) is 0 Å². The van der Waals surface area contributed by atoms with Gasteiger partial charge in [0.1, 0.15) is 10.1 Å². The van der Waals surface area contributed by atoms with Gasteiger partial charge < -0.3 is 4.55 Å². The summed E-state index contributed by atoms with van der Waals surface area (Å²) >= 11 is 0. The van der Waals surface area contributed by atoms with Crippen LogP contribution in [0.3, 0.4) is 0 Å². The van der Waals surface area contributed by atoms with Crippen LogP contribution in [0, 0.1) is 6.92 Å². The van der Waals surface area contributed by atoms with E-state index in [2.05, 4.69) is 6.92 Å². The summed E-state index contributed by atoms with van der Waals surface area (Å²) in [5, 5.41) is 0. The SMILES string of the molecule is Cc1c2c(c(S(=O)(=O)[O-])c3c1CCCC3)CCCC2. The molecule has 0 spiro atoms. The zero-order valence-corrected chi connectivity index (χ0v) is 12.1. The zero-order chi connectivity index (χ0) is 13.6. The topological polar surface area (TPSA) is 57.2 Å². The van der Waals surface area contributed by atoms with Crippen molar-refractivity contribution in [1.29, 1.82) is 0 Å². The molecule has 0 atom stereocenters. The molecule has 0 saturated heterocycles. The summed E-state index contributed by atoms with van der Waals surface area (Å²) in [6.07, 6.45) is 7.55. The van der Waals surface area contributed by atoms with Crippen LogP contribution in [0.5, 0.6) is 0 Å². The Morgan fingerprint density at radius 1 is 0.789 bits per heavy atom. The molecule has 0 unspecified atom stereocenters. The molecule has 0 aliphatic heterocycles. The summed E-state index contributed by atoms with van der Waals surface area (Å²) in [4.78, 5) is 0.155. The van der Waals surface area contributed by atoms with Crippen LogP contribution in [0.1, 0.15) is 53.5 Å². The van der Waals surface area contributed by atoms with E-state index in [1.807, 2.05) is 0 Å². The van der Waals surface area contributed by atoms with Crippen LogP contribution in [-0.2, 0) is 35.8 Å². The smallest absolute Gasteiger partial charge is 0.124 e. The molecule has 0 N–H and O–H groups in total. The van der Waals surface area contributed by atoms with Gasteiger partial charge in [-0.2, -0.15) is 0 Å². The Bertz CT molecular complexity index is 592. The average molecular weight is 279 g/mol. The second-order valence-electron chi connectivity index (χ2n) is 5.74. The molecule has 19 heavy (non-hydrogen) atoms. The van der Waals surface area contributed by atoms with E-state index in [-0.39, 0.29) is 4.90 Å². The Balaban J connectivity index is 2.38. The number of rotatable bonds is 1. The lowest BCUT2D eigenvalue weighted by molar-refractivity contribution is 0.458. The molecule has 2 aliphatic rings. The van der Waals surface area contributed by atoms with Gasteiger partial charge in [-0.05, 0) is 86.1 Å². The first-order valence-electron chi connectivity index (χ1n) is 7.12. The van der Waals surface area contributed by atoms with Gasteiger partial charge in [0.2, 0.25) is 0 Å². The summed E-state index contributed by atoms with van der Waals surface area (Å²) in [5.74, 6) is 0. The van der Waals surface area contributed by atoms with E-state index in [4.69, 9.17) is 0 Å². The average Bonchev–Trinajstić information content (AvgIpc) is 2.38. The molecular weight excluding hydrogens is 260 g/mol. The van der Waals surface area contributed by atoms with Crippen molar-refractivity contribution in [3.63, 3.8) is 0 Å². The van der Waals surface area contributed by atoms with E-state index in [1.165, 1.54) is 5.56 Å². The quantitative estimate of drug-likeness (QED) is 0.743. The molecule has 104 valence electrons. The fraction of sp³-hybridized carbons (Fsp3) is 0.600. The van der Waals surface area contributed by atoms with Gasteiger partial charge in [-0.15, -0.1) is 0 Å². The molecular formula is C15H19O3S-. The van der Waals surface area contributed by atoms with Crippen molar-refractivity contribution in [3.05, 3.63) is 27.8 Å². The molecule has 3 rings (SSSR count). The summed E-state index contributed by atoms with van der Waals surface area (Å²) in [5.41, 5.74) is 5.26. The van der Waals surface area contributed by atoms with Crippen LogP contribution in [0.4, 0.5) is 0 Å². The molecule has 0 radical (unpaired) electrons. The minimum absolute atomic E-state index is 0.155. The number of hydrogen-bond donors (Lipinski definition) is 0. The summed E-state index contributed by atoms with van der Waals surface area (Å²) < 4.78 is 35.2. The monoisotopic (exact) mass is 279 g/mol. The van der Waals surface area contributed by atoms with Crippen LogP contribution >= 0.6 is 0 Å².